The number of carbonyl (C=O) groups is 1. The molecule has 1 aliphatic rings. The van der Waals surface area contributed by atoms with Gasteiger partial charge in [0.25, 0.3) is 0 Å². The molecule has 0 bridgehead atoms. The van der Waals surface area contributed by atoms with E-state index in [0.29, 0.717) is 0 Å². The zero-order valence-corrected chi connectivity index (χ0v) is 12.0. The van der Waals surface area contributed by atoms with Gasteiger partial charge in [0.05, 0.1) is 0 Å². The predicted octanol–water partition coefficient (Wildman–Crippen LogP) is -0.0342. The highest BCUT2D eigenvalue weighted by atomic mass is 16.7. The summed E-state index contributed by atoms with van der Waals surface area (Å²) in [6.45, 7) is 1.41. The van der Waals surface area contributed by atoms with Gasteiger partial charge in [0.15, 0.2) is 6.29 Å². The average Bonchev–Trinajstić information content (AvgIpc) is 2.42. The largest absolute Gasteiger partial charge is 0.463 e. The molecule has 0 aromatic heterocycles. The van der Waals surface area contributed by atoms with Crippen molar-refractivity contribution in [3.63, 3.8) is 0 Å². The van der Waals surface area contributed by atoms with Gasteiger partial charge in [0.1, 0.15) is 31.0 Å². The summed E-state index contributed by atoms with van der Waals surface area (Å²) >= 11 is 0. The molecule has 1 fully saturated rings. The number of methoxy groups -OCH3 is 4. The van der Waals surface area contributed by atoms with Gasteiger partial charge in [-0.2, -0.15) is 0 Å². The first kappa shape index (κ1) is 16.3. The van der Waals surface area contributed by atoms with Crippen LogP contribution in [0.2, 0.25) is 0 Å². The number of esters is 1. The first-order chi connectivity index (χ1) is 9.08. The topological polar surface area (TPSA) is 72.5 Å². The third-order valence-corrected chi connectivity index (χ3v) is 3.09. The van der Waals surface area contributed by atoms with Crippen LogP contribution in [0.15, 0.2) is 0 Å². The molecule has 19 heavy (non-hydrogen) atoms. The van der Waals surface area contributed by atoms with E-state index >= 15 is 0 Å². The third-order valence-electron chi connectivity index (χ3n) is 3.09. The summed E-state index contributed by atoms with van der Waals surface area (Å²) in [6.07, 6.45) is -2.31. The highest BCUT2D eigenvalue weighted by Gasteiger charge is 2.47. The van der Waals surface area contributed by atoms with Gasteiger partial charge in [0.2, 0.25) is 0 Å². The van der Waals surface area contributed by atoms with Crippen LogP contribution in [0, 0.1) is 0 Å². The molecule has 0 N–H and O–H groups in total. The summed E-state index contributed by atoms with van der Waals surface area (Å²) in [5.41, 5.74) is 0. The fourth-order valence-corrected chi connectivity index (χ4v) is 2.20. The summed E-state index contributed by atoms with van der Waals surface area (Å²) in [4.78, 5) is 10.9. The fourth-order valence-electron chi connectivity index (χ4n) is 2.20. The summed E-state index contributed by atoms with van der Waals surface area (Å²) in [7, 11) is 6.16. The van der Waals surface area contributed by atoms with Gasteiger partial charge < -0.3 is 28.4 Å². The molecule has 1 rings (SSSR count). The SMILES string of the molecule is CO[C@H]1O[C@H](COC(C)=O)[C@@H](OC)[C@H](OC)[C@H]1OC. The van der Waals surface area contributed by atoms with Crippen LogP contribution < -0.4 is 0 Å². The lowest BCUT2D eigenvalue weighted by Gasteiger charge is -2.43. The van der Waals surface area contributed by atoms with Crippen LogP contribution in [-0.4, -0.2) is 71.7 Å². The molecular weight excluding hydrogens is 256 g/mol. The van der Waals surface area contributed by atoms with Crippen molar-refractivity contribution in [3.8, 4) is 0 Å². The van der Waals surface area contributed by atoms with Gasteiger partial charge in [-0.1, -0.05) is 0 Å². The maximum absolute atomic E-state index is 10.9. The molecule has 5 atom stereocenters. The normalized spacial score (nSPS) is 35.1. The zero-order chi connectivity index (χ0) is 14.4. The Hall–Kier alpha value is -0.730. The van der Waals surface area contributed by atoms with Gasteiger partial charge in [-0.15, -0.1) is 0 Å². The van der Waals surface area contributed by atoms with E-state index in [9.17, 15) is 4.79 Å². The molecular formula is C12H22O7. The fraction of sp³-hybridized carbons (Fsp3) is 0.917. The Labute approximate surface area is 113 Å². The highest BCUT2D eigenvalue weighted by molar-refractivity contribution is 5.65. The van der Waals surface area contributed by atoms with Gasteiger partial charge in [0, 0.05) is 35.4 Å². The van der Waals surface area contributed by atoms with Crippen molar-refractivity contribution in [1.82, 2.24) is 0 Å². The molecule has 0 saturated carbocycles. The molecule has 7 nitrogen and oxygen atoms in total. The molecule has 7 heteroatoms. The lowest BCUT2D eigenvalue weighted by atomic mass is 9.98. The highest BCUT2D eigenvalue weighted by Crippen LogP contribution is 2.27. The summed E-state index contributed by atoms with van der Waals surface area (Å²) in [5.74, 6) is -0.379. The van der Waals surface area contributed by atoms with Crippen molar-refractivity contribution in [1.29, 1.82) is 0 Å². The molecule has 0 aromatic rings. The van der Waals surface area contributed by atoms with Crippen LogP contribution in [0.1, 0.15) is 6.92 Å². The van der Waals surface area contributed by atoms with Crippen LogP contribution >= 0.6 is 0 Å². The van der Waals surface area contributed by atoms with Crippen molar-refractivity contribution in [2.75, 3.05) is 35.0 Å². The van der Waals surface area contributed by atoms with E-state index in [-0.39, 0.29) is 18.7 Å². The van der Waals surface area contributed by atoms with Crippen LogP contribution in [0.5, 0.6) is 0 Å². The maximum Gasteiger partial charge on any atom is 0.302 e. The van der Waals surface area contributed by atoms with Gasteiger partial charge in [-0.3, -0.25) is 4.79 Å². The van der Waals surface area contributed by atoms with Gasteiger partial charge in [-0.25, -0.2) is 0 Å². The zero-order valence-electron chi connectivity index (χ0n) is 12.0. The van der Waals surface area contributed by atoms with Crippen molar-refractivity contribution < 1.29 is 33.2 Å². The van der Waals surface area contributed by atoms with Crippen LogP contribution in [-0.2, 0) is 33.2 Å². The Balaban J connectivity index is 2.82. The molecule has 1 heterocycles. The van der Waals surface area contributed by atoms with Crippen molar-refractivity contribution >= 4 is 5.97 Å². The quantitative estimate of drug-likeness (QED) is 0.631. The van der Waals surface area contributed by atoms with E-state index in [1.165, 1.54) is 14.0 Å². The standard InChI is InChI=1S/C12H22O7/c1-7(13)18-6-8-9(14-2)10(15-3)11(16-4)12(17-5)19-8/h8-12H,6H2,1-5H3/t8-,9-,10+,11-,12+/m1/s1. The molecule has 1 aliphatic heterocycles. The lowest BCUT2D eigenvalue weighted by molar-refractivity contribution is -0.307. The van der Waals surface area contributed by atoms with Crippen molar-refractivity contribution in [2.24, 2.45) is 0 Å². The second-order valence-corrected chi connectivity index (χ2v) is 4.18. The number of carbonyl (C=O) groups excluding carboxylic acids is 1. The summed E-state index contributed by atoms with van der Waals surface area (Å²) in [6, 6.07) is 0. The smallest absolute Gasteiger partial charge is 0.302 e. The van der Waals surface area contributed by atoms with Crippen LogP contribution in [0.4, 0.5) is 0 Å². The lowest BCUT2D eigenvalue weighted by Crippen LogP contribution is -2.61. The van der Waals surface area contributed by atoms with E-state index in [4.69, 9.17) is 28.4 Å². The molecule has 0 aromatic carbocycles. The number of hydrogen-bond donors (Lipinski definition) is 0. The maximum atomic E-state index is 10.9. The monoisotopic (exact) mass is 278 g/mol. The molecule has 0 unspecified atom stereocenters. The number of hydrogen-bond acceptors (Lipinski definition) is 7. The minimum Gasteiger partial charge on any atom is -0.463 e. The molecule has 0 radical (unpaired) electrons. The summed E-state index contributed by atoms with van der Waals surface area (Å²) < 4.78 is 32.0. The van der Waals surface area contributed by atoms with E-state index in [2.05, 4.69) is 0 Å². The Kier molecular flexibility index (Phi) is 6.67. The van der Waals surface area contributed by atoms with E-state index in [1.807, 2.05) is 0 Å². The minimum atomic E-state index is -0.609. The Morgan fingerprint density at radius 1 is 0.947 bits per heavy atom. The Bertz CT molecular complexity index is 283. The predicted molar refractivity (Wildman–Crippen MR) is 64.7 cm³/mol. The molecule has 0 aliphatic carbocycles. The van der Waals surface area contributed by atoms with Gasteiger partial charge >= 0.3 is 5.97 Å². The average molecular weight is 278 g/mol. The second-order valence-electron chi connectivity index (χ2n) is 4.18. The van der Waals surface area contributed by atoms with Gasteiger partial charge in [-0.05, 0) is 0 Å². The van der Waals surface area contributed by atoms with Crippen LogP contribution in [0.25, 0.3) is 0 Å². The van der Waals surface area contributed by atoms with Crippen molar-refractivity contribution in [3.05, 3.63) is 0 Å². The van der Waals surface area contributed by atoms with E-state index in [0.717, 1.165) is 0 Å². The van der Waals surface area contributed by atoms with Crippen LogP contribution in [0.3, 0.4) is 0 Å². The second kappa shape index (κ2) is 7.76. The number of ether oxygens (including phenoxy) is 6. The summed E-state index contributed by atoms with van der Waals surface area (Å²) in [5, 5.41) is 0. The molecule has 1 saturated heterocycles. The minimum absolute atomic E-state index is 0.0734. The number of rotatable bonds is 6. The first-order valence-electron chi connectivity index (χ1n) is 5.99. The van der Waals surface area contributed by atoms with Crippen molar-refractivity contribution in [2.45, 2.75) is 37.6 Å². The molecule has 0 amide bonds. The molecule has 0 spiro atoms. The Morgan fingerprint density at radius 3 is 1.95 bits per heavy atom. The van der Waals surface area contributed by atoms with E-state index in [1.54, 1.807) is 21.3 Å². The third kappa shape index (κ3) is 3.87. The molecule has 112 valence electrons. The van der Waals surface area contributed by atoms with E-state index < -0.39 is 24.6 Å². The first-order valence-corrected chi connectivity index (χ1v) is 5.99. The Morgan fingerprint density at radius 2 is 1.53 bits per heavy atom.